The number of halogens is 1. The van der Waals surface area contributed by atoms with Gasteiger partial charge in [-0.05, 0) is 83.7 Å². The van der Waals surface area contributed by atoms with Crippen LogP contribution in [0.2, 0.25) is 0 Å². The summed E-state index contributed by atoms with van der Waals surface area (Å²) in [6, 6.07) is 18.6. The molecule has 4 rings (SSSR count). The van der Waals surface area contributed by atoms with Gasteiger partial charge >= 0.3 is 0 Å². The van der Waals surface area contributed by atoms with Gasteiger partial charge in [-0.3, -0.25) is 0 Å². The minimum Gasteiger partial charge on any atom is -0.492 e. The fourth-order valence-corrected chi connectivity index (χ4v) is 3.64. The summed E-state index contributed by atoms with van der Waals surface area (Å²) in [6.45, 7) is 1.83. The van der Waals surface area contributed by atoms with Gasteiger partial charge in [0.15, 0.2) is 0 Å². The van der Waals surface area contributed by atoms with Crippen LogP contribution in [0.4, 0.5) is 0 Å². The molecule has 0 unspecified atom stereocenters. The molecule has 0 amide bonds. The summed E-state index contributed by atoms with van der Waals surface area (Å²) in [5, 5.41) is 7.67. The van der Waals surface area contributed by atoms with Crippen LogP contribution in [-0.2, 0) is 0 Å². The van der Waals surface area contributed by atoms with E-state index in [9.17, 15) is 0 Å². The Labute approximate surface area is 164 Å². The maximum absolute atomic E-state index is 5.92. The van der Waals surface area contributed by atoms with E-state index in [1.807, 2.05) is 36.4 Å². The molecule has 0 saturated carbocycles. The van der Waals surface area contributed by atoms with E-state index < -0.39 is 0 Å². The lowest BCUT2D eigenvalue weighted by Gasteiger charge is -2.12. The van der Waals surface area contributed by atoms with Gasteiger partial charge in [-0.15, -0.1) is 12.4 Å². The first-order valence-electron chi connectivity index (χ1n) is 8.63. The van der Waals surface area contributed by atoms with Crippen molar-refractivity contribution in [3.05, 3.63) is 65.4 Å². The minimum absolute atomic E-state index is 0. The van der Waals surface area contributed by atoms with Gasteiger partial charge in [0, 0.05) is 6.04 Å². The maximum Gasteiger partial charge on any atom is 0.127 e. The quantitative estimate of drug-likeness (QED) is 0.583. The van der Waals surface area contributed by atoms with Crippen molar-refractivity contribution < 1.29 is 9.47 Å². The van der Waals surface area contributed by atoms with Crippen LogP contribution < -0.4 is 14.8 Å². The molecule has 1 N–H and O–H groups in total. The Hall–Kier alpha value is -2.01. The largest absolute Gasteiger partial charge is 0.492 e. The van der Waals surface area contributed by atoms with E-state index in [1.165, 1.54) is 24.0 Å². The van der Waals surface area contributed by atoms with E-state index in [0.29, 0.717) is 6.04 Å². The Morgan fingerprint density at radius 3 is 2.19 bits per heavy atom. The summed E-state index contributed by atoms with van der Waals surface area (Å²) in [6.07, 6.45) is 2.44. The maximum atomic E-state index is 5.92. The predicted octanol–water partition coefficient (Wildman–Crippen LogP) is 5.76. The third-order valence-electron chi connectivity index (χ3n) is 4.38. The molecule has 2 heterocycles. The summed E-state index contributed by atoms with van der Waals surface area (Å²) in [5.41, 5.74) is 2.45. The van der Waals surface area contributed by atoms with Gasteiger partial charge in [0.2, 0.25) is 0 Å². The molecule has 0 radical (unpaired) electrons. The van der Waals surface area contributed by atoms with E-state index in [2.05, 4.69) is 34.3 Å². The highest BCUT2D eigenvalue weighted by molar-refractivity contribution is 7.08. The molecule has 5 heteroatoms. The fourth-order valence-electron chi connectivity index (χ4n) is 2.98. The lowest BCUT2D eigenvalue weighted by Crippen LogP contribution is -2.28. The topological polar surface area (TPSA) is 30.5 Å². The molecule has 1 aliphatic heterocycles. The fraction of sp³-hybridized carbons (Fsp3) is 0.238. The monoisotopic (exact) mass is 387 g/mol. The van der Waals surface area contributed by atoms with Crippen LogP contribution in [0.15, 0.2) is 65.4 Å². The van der Waals surface area contributed by atoms with Gasteiger partial charge in [-0.2, -0.15) is 11.3 Å². The summed E-state index contributed by atoms with van der Waals surface area (Å²) >= 11 is 1.71. The van der Waals surface area contributed by atoms with E-state index in [4.69, 9.17) is 9.47 Å². The van der Waals surface area contributed by atoms with Crippen LogP contribution in [-0.4, -0.2) is 19.2 Å². The lowest BCUT2D eigenvalue weighted by molar-refractivity contribution is 0.277. The molecular weight excluding hydrogens is 366 g/mol. The second kappa shape index (κ2) is 9.08. The lowest BCUT2D eigenvalue weighted by atomic mass is 10.1. The average Bonchev–Trinajstić information content (AvgIpc) is 3.36. The molecule has 3 aromatic rings. The van der Waals surface area contributed by atoms with Crippen LogP contribution in [0.5, 0.6) is 17.2 Å². The van der Waals surface area contributed by atoms with E-state index >= 15 is 0 Å². The zero-order valence-electron chi connectivity index (χ0n) is 14.4. The van der Waals surface area contributed by atoms with Crippen molar-refractivity contribution in [1.82, 2.24) is 5.32 Å². The highest BCUT2D eigenvalue weighted by atomic mass is 35.5. The van der Waals surface area contributed by atoms with E-state index in [1.54, 1.807) is 11.3 Å². The molecule has 0 aliphatic carbocycles. The summed E-state index contributed by atoms with van der Waals surface area (Å²) < 4.78 is 11.8. The molecule has 1 aromatic heterocycles. The first-order chi connectivity index (χ1) is 12.4. The summed E-state index contributed by atoms with van der Waals surface area (Å²) in [7, 11) is 0. The van der Waals surface area contributed by atoms with Crippen molar-refractivity contribution in [3.63, 3.8) is 0 Å². The Morgan fingerprint density at radius 2 is 1.58 bits per heavy atom. The molecule has 1 fully saturated rings. The van der Waals surface area contributed by atoms with Crippen LogP contribution in [0, 0.1) is 0 Å². The van der Waals surface area contributed by atoms with Gasteiger partial charge < -0.3 is 14.8 Å². The second-order valence-corrected chi connectivity index (χ2v) is 6.99. The SMILES string of the molecule is Cl.c1cc(-c2ccc(Oc3ccc(OC[C@H]4CCCN4)cc3)cc2)cs1. The Balaban J connectivity index is 0.00000196. The van der Waals surface area contributed by atoms with Gasteiger partial charge in [-0.25, -0.2) is 0 Å². The van der Waals surface area contributed by atoms with Gasteiger partial charge in [0.1, 0.15) is 23.9 Å². The molecule has 3 nitrogen and oxygen atoms in total. The van der Waals surface area contributed by atoms with Crippen molar-refractivity contribution >= 4 is 23.7 Å². The first-order valence-corrected chi connectivity index (χ1v) is 9.58. The molecule has 2 aromatic carbocycles. The molecule has 1 saturated heterocycles. The van der Waals surface area contributed by atoms with Crippen molar-refractivity contribution in [3.8, 4) is 28.4 Å². The Morgan fingerprint density at radius 1 is 0.885 bits per heavy atom. The average molecular weight is 388 g/mol. The van der Waals surface area contributed by atoms with Crippen LogP contribution in [0.25, 0.3) is 11.1 Å². The second-order valence-electron chi connectivity index (χ2n) is 6.21. The molecular formula is C21H22ClNO2S. The van der Waals surface area contributed by atoms with Crippen molar-refractivity contribution in [2.24, 2.45) is 0 Å². The Kier molecular flexibility index (Phi) is 6.56. The van der Waals surface area contributed by atoms with E-state index in [0.717, 1.165) is 30.4 Å². The molecule has 0 spiro atoms. The number of ether oxygens (including phenoxy) is 2. The third-order valence-corrected chi connectivity index (χ3v) is 5.07. The number of hydrogen-bond donors (Lipinski definition) is 1. The van der Waals surface area contributed by atoms with Gasteiger partial charge in [0.25, 0.3) is 0 Å². The molecule has 1 atom stereocenters. The molecule has 26 heavy (non-hydrogen) atoms. The highest BCUT2D eigenvalue weighted by Gasteiger charge is 2.14. The highest BCUT2D eigenvalue weighted by Crippen LogP contribution is 2.28. The van der Waals surface area contributed by atoms with Crippen molar-refractivity contribution in [2.75, 3.05) is 13.2 Å². The molecule has 136 valence electrons. The van der Waals surface area contributed by atoms with Gasteiger partial charge in [-0.1, -0.05) is 12.1 Å². The predicted molar refractivity (Wildman–Crippen MR) is 110 cm³/mol. The summed E-state index contributed by atoms with van der Waals surface area (Å²) in [5.74, 6) is 2.53. The first kappa shape index (κ1) is 18.8. The molecule has 1 aliphatic rings. The number of nitrogens with one attached hydrogen (secondary N) is 1. The third kappa shape index (κ3) is 4.79. The van der Waals surface area contributed by atoms with Crippen LogP contribution >= 0.6 is 23.7 Å². The van der Waals surface area contributed by atoms with Crippen molar-refractivity contribution in [2.45, 2.75) is 18.9 Å². The normalized spacial score (nSPS) is 16.1. The van der Waals surface area contributed by atoms with Crippen LogP contribution in [0.1, 0.15) is 12.8 Å². The van der Waals surface area contributed by atoms with Crippen LogP contribution in [0.3, 0.4) is 0 Å². The molecule has 0 bridgehead atoms. The minimum atomic E-state index is 0. The Bertz CT molecular complexity index is 782. The number of thiophene rings is 1. The van der Waals surface area contributed by atoms with Gasteiger partial charge in [0.05, 0.1) is 0 Å². The van der Waals surface area contributed by atoms with E-state index in [-0.39, 0.29) is 12.4 Å². The smallest absolute Gasteiger partial charge is 0.127 e. The standard InChI is InChI=1S/C21H21NO2S.ClH/c1-2-18(22-12-1)14-23-19-7-9-21(10-8-19)24-20-5-3-16(4-6-20)17-11-13-25-15-17;/h3-11,13,15,18,22H,1-2,12,14H2;1H/t18-;/m1./s1. The number of benzene rings is 2. The van der Waals surface area contributed by atoms with Crippen molar-refractivity contribution in [1.29, 1.82) is 0 Å². The number of hydrogen-bond acceptors (Lipinski definition) is 4. The number of rotatable bonds is 6. The summed E-state index contributed by atoms with van der Waals surface area (Å²) in [4.78, 5) is 0. The zero-order chi connectivity index (χ0) is 16.9. The zero-order valence-corrected chi connectivity index (χ0v) is 16.0.